The van der Waals surface area contributed by atoms with Gasteiger partial charge < -0.3 is 0 Å². The van der Waals surface area contributed by atoms with E-state index in [0.717, 1.165) is 12.2 Å². The predicted molar refractivity (Wildman–Crippen MR) is 49.8 cm³/mol. The van der Waals surface area contributed by atoms with Crippen LogP contribution in [-0.2, 0) is 4.79 Å². The van der Waals surface area contributed by atoms with Gasteiger partial charge in [-0.3, -0.25) is 4.79 Å². The third-order valence-corrected chi connectivity index (χ3v) is 2.80. The van der Waals surface area contributed by atoms with Gasteiger partial charge in [0.25, 0.3) is 0 Å². The number of Topliss-reactive ketones (excluding diaryl/α,β-unsaturated/α-hetero) is 1. The largest absolute Gasteiger partial charge is 0.300 e. The molecule has 2 heteroatoms. The number of hydrogen-bond donors (Lipinski definition) is 0. The van der Waals surface area contributed by atoms with Gasteiger partial charge in [-0.25, -0.2) is 0 Å². The molecule has 1 unspecified atom stereocenters. The van der Waals surface area contributed by atoms with Gasteiger partial charge in [-0.15, -0.1) is 0 Å². The average Bonchev–Trinajstić information content (AvgIpc) is 2.01. The first-order valence-corrected chi connectivity index (χ1v) is 4.80. The zero-order chi connectivity index (χ0) is 8.10. The predicted octanol–water partition coefficient (Wildman–Crippen LogP) is 2.19. The summed E-state index contributed by atoms with van der Waals surface area (Å²) in [5, 5.41) is 0.397. The molecule has 0 aromatic carbocycles. The zero-order valence-corrected chi connectivity index (χ0v) is 7.27. The summed E-state index contributed by atoms with van der Waals surface area (Å²) in [6.07, 6.45) is 7.17. The highest BCUT2D eigenvalue weighted by molar-refractivity contribution is 8.00. The lowest BCUT2D eigenvalue weighted by atomic mass is 10.1. The molecule has 0 radical (unpaired) electrons. The molecule has 0 aliphatic carbocycles. The summed E-state index contributed by atoms with van der Waals surface area (Å²) in [5.74, 6) is 1.37. The molecular formula is C9H12OS. The van der Waals surface area contributed by atoms with E-state index in [1.807, 2.05) is 17.8 Å². The van der Waals surface area contributed by atoms with E-state index >= 15 is 0 Å². The van der Waals surface area contributed by atoms with Crippen molar-refractivity contribution in [3.8, 4) is 0 Å². The molecule has 0 saturated carbocycles. The Labute approximate surface area is 71.6 Å². The Balaban J connectivity index is 2.39. The van der Waals surface area contributed by atoms with E-state index in [1.54, 1.807) is 6.08 Å². The second-order valence-electron chi connectivity index (χ2n) is 2.52. The molecule has 0 bridgehead atoms. The SMILES string of the molecule is C=CC=CC1CC(=O)CCS1. The summed E-state index contributed by atoms with van der Waals surface area (Å²) >= 11 is 1.85. The standard InChI is InChI=1S/C9H12OS/c1-2-3-4-9-7-8(10)5-6-11-9/h2-4,9H,1,5-7H2. The molecule has 1 saturated heterocycles. The molecule has 1 fully saturated rings. The number of ketones is 1. The number of carbonyl (C=O) groups excluding carboxylic acids is 1. The summed E-state index contributed by atoms with van der Waals surface area (Å²) in [6, 6.07) is 0. The molecule has 1 heterocycles. The molecule has 0 aromatic heterocycles. The van der Waals surface area contributed by atoms with Crippen LogP contribution in [0.4, 0.5) is 0 Å². The monoisotopic (exact) mass is 168 g/mol. The highest BCUT2D eigenvalue weighted by atomic mass is 32.2. The second-order valence-corrected chi connectivity index (χ2v) is 3.87. The van der Waals surface area contributed by atoms with E-state index in [-0.39, 0.29) is 0 Å². The maximum Gasteiger partial charge on any atom is 0.135 e. The number of rotatable bonds is 2. The van der Waals surface area contributed by atoms with E-state index in [2.05, 4.69) is 12.7 Å². The van der Waals surface area contributed by atoms with E-state index in [1.165, 1.54) is 0 Å². The molecule has 1 nitrogen and oxygen atoms in total. The third-order valence-electron chi connectivity index (χ3n) is 1.60. The Morgan fingerprint density at radius 3 is 3.09 bits per heavy atom. The number of carbonyl (C=O) groups is 1. The molecule has 1 aliphatic rings. The van der Waals surface area contributed by atoms with Gasteiger partial charge in [-0.2, -0.15) is 11.8 Å². The summed E-state index contributed by atoms with van der Waals surface area (Å²) in [7, 11) is 0. The molecular weight excluding hydrogens is 156 g/mol. The Morgan fingerprint density at radius 2 is 2.45 bits per heavy atom. The number of thioether (sulfide) groups is 1. The summed E-state index contributed by atoms with van der Waals surface area (Å²) < 4.78 is 0. The normalized spacial score (nSPS) is 25.8. The van der Waals surface area contributed by atoms with Gasteiger partial charge >= 0.3 is 0 Å². The highest BCUT2D eigenvalue weighted by Gasteiger charge is 2.16. The molecule has 0 spiro atoms. The van der Waals surface area contributed by atoms with Gasteiger partial charge in [-0.05, 0) is 0 Å². The van der Waals surface area contributed by atoms with E-state index in [4.69, 9.17) is 0 Å². The van der Waals surface area contributed by atoms with Crippen LogP contribution in [-0.4, -0.2) is 16.8 Å². The fourth-order valence-corrected chi connectivity index (χ4v) is 2.19. The second kappa shape index (κ2) is 4.39. The fourth-order valence-electron chi connectivity index (χ4n) is 1.04. The molecule has 0 amide bonds. The number of hydrogen-bond acceptors (Lipinski definition) is 2. The minimum Gasteiger partial charge on any atom is -0.300 e. The fraction of sp³-hybridized carbons (Fsp3) is 0.444. The Kier molecular flexibility index (Phi) is 3.43. The zero-order valence-electron chi connectivity index (χ0n) is 6.45. The Bertz CT molecular complexity index is 184. The first-order chi connectivity index (χ1) is 5.33. The van der Waals surface area contributed by atoms with Gasteiger partial charge in [0.15, 0.2) is 0 Å². The van der Waals surface area contributed by atoms with Gasteiger partial charge in [0.05, 0.1) is 0 Å². The summed E-state index contributed by atoms with van der Waals surface area (Å²) in [4.78, 5) is 11.0. The minimum atomic E-state index is 0.391. The summed E-state index contributed by atoms with van der Waals surface area (Å²) in [6.45, 7) is 3.58. The first kappa shape index (κ1) is 8.60. The van der Waals surface area contributed by atoms with Crippen LogP contribution in [0.2, 0.25) is 0 Å². The van der Waals surface area contributed by atoms with Crippen LogP contribution in [0.1, 0.15) is 12.8 Å². The lowest BCUT2D eigenvalue weighted by Crippen LogP contribution is -2.15. The first-order valence-electron chi connectivity index (χ1n) is 3.75. The third kappa shape index (κ3) is 2.93. The van der Waals surface area contributed by atoms with Crippen molar-refractivity contribution in [1.82, 2.24) is 0 Å². The van der Waals surface area contributed by atoms with Crippen LogP contribution >= 0.6 is 11.8 Å². The lowest BCUT2D eigenvalue weighted by Gasteiger charge is -2.16. The quantitative estimate of drug-likeness (QED) is 0.588. The van der Waals surface area contributed by atoms with Crippen molar-refractivity contribution in [2.45, 2.75) is 18.1 Å². The van der Waals surface area contributed by atoms with Crippen LogP contribution < -0.4 is 0 Å². The Morgan fingerprint density at radius 1 is 1.64 bits per heavy atom. The smallest absolute Gasteiger partial charge is 0.135 e. The molecule has 0 N–H and O–H groups in total. The van der Waals surface area contributed by atoms with Crippen molar-refractivity contribution < 1.29 is 4.79 Å². The Hall–Kier alpha value is -0.500. The van der Waals surface area contributed by atoms with Gasteiger partial charge in [0.1, 0.15) is 5.78 Å². The van der Waals surface area contributed by atoms with Crippen molar-refractivity contribution in [3.05, 3.63) is 24.8 Å². The molecule has 0 aromatic rings. The molecule has 1 aliphatic heterocycles. The summed E-state index contributed by atoms with van der Waals surface area (Å²) in [5.41, 5.74) is 0. The van der Waals surface area contributed by atoms with E-state index < -0.39 is 0 Å². The van der Waals surface area contributed by atoms with Crippen molar-refractivity contribution in [1.29, 1.82) is 0 Å². The molecule has 1 atom stereocenters. The van der Waals surface area contributed by atoms with Crippen LogP contribution in [0, 0.1) is 0 Å². The van der Waals surface area contributed by atoms with Gasteiger partial charge in [0, 0.05) is 23.8 Å². The van der Waals surface area contributed by atoms with Gasteiger partial charge in [0.2, 0.25) is 0 Å². The van der Waals surface area contributed by atoms with Crippen LogP contribution in [0.5, 0.6) is 0 Å². The van der Waals surface area contributed by atoms with Crippen molar-refractivity contribution in [3.63, 3.8) is 0 Å². The molecule has 60 valence electrons. The van der Waals surface area contributed by atoms with Crippen molar-refractivity contribution in [2.24, 2.45) is 0 Å². The number of allylic oxidation sites excluding steroid dienone is 2. The highest BCUT2D eigenvalue weighted by Crippen LogP contribution is 2.23. The van der Waals surface area contributed by atoms with Crippen molar-refractivity contribution in [2.75, 3.05) is 5.75 Å². The average molecular weight is 168 g/mol. The minimum absolute atomic E-state index is 0.391. The molecule has 1 rings (SSSR count). The van der Waals surface area contributed by atoms with E-state index in [0.29, 0.717) is 17.5 Å². The van der Waals surface area contributed by atoms with Crippen molar-refractivity contribution >= 4 is 17.5 Å². The maximum atomic E-state index is 11.0. The van der Waals surface area contributed by atoms with Crippen LogP contribution in [0.15, 0.2) is 24.8 Å². The van der Waals surface area contributed by atoms with Gasteiger partial charge in [-0.1, -0.05) is 24.8 Å². The van der Waals surface area contributed by atoms with Crippen LogP contribution in [0.25, 0.3) is 0 Å². The lowest BCUT2D eigenvalue weighted by molar-refractivity contribution is -0.118. The van der Waals surface area contributed by atoms with Crippen LogP contribution in [0.3, 0.4) is 0 Å². The maximum absolute atomic E-state index is 11.0. The topological polar surface area (TPSA) is 17.1 Å². The van der Waals surface area contributed by atoms with E-state index in [9.17, 15) is 4.79 Å². The molecule has 11 heavy (non-hydrogen) atoms.